The van der Waals surface area contributed by atoms with Gasteiger partial charge in [0, 0.05) is 16.2 Å². The molecule has 1 atom stereocenters. The van der Waals surface area contributed by atoms with Crippen molar-refractivity contribution < 1.29 is 5.11 Å². The Balaban J connectivity index is 2.40. The first-order chi connectivity index (χ1) is 8.08. The zero-order chi connectivity index (χ0) is 12.4. The maximum absolute atomic E-state index is 10.2. The van der Waals surface area contributed by atoms with Crippen molar-refractivity contribution in [3.05, 3.63) is 56.5 Å². The van der Waals surface area contributed by atoms with Gasteiger partial charge in [-0.15, -0.1) is 0 Å². The van der Waals surface area contributed by atoms with Crippen LogP contribution in [0.5, 0.6) is 0 Å². The van der Waals surface area contributed by atoms with E-state index in [9.17, 15) is 5.11 Å². The van der Waals surface area contributed by atoms with Crippen LogP contribution in [0.25, 0.3) is 0 Å². The summed E-state index contributed by atoms with van der Waals surface area (Å²) in [6.45, 7) is 0. The van der Waals surface area contributed by atoms with Crippen molar-refractivity contribution in [3.8, 4) is 0 Å². The van der Waals surface area contributed by atoms with Crippen LogP contribution in [0.2, 0.25) is 10.4 Å². The fourth-order valence-corrected chi connectivity index (χ4v) is 2.22. The monoisotopic (exact) mass is 332 g/mol. The molecule has 0 spiro atoms. The Kier molecular flexibility index (Phi) is 3.99. The number of halogens is 3. The van der Waals surface area contributed by atoms with Gasteiger partial charge in [-0.2, -0.15) is 0 Å². The number of aliphatic hydroxyl groups excluding tert-OH is 1. The number of rotatable bonds is 2. The molecular weight excluding hydrogens is 327 g/mol. The van der Waals surface area contributed by atoms with Crippen LogP contribution in [0.1, 0.15) is 17.2 Å². The summed E-state index contributed by atoms with van der Waals surface area (Å²) < 4.78 is 0.875. The molecule has 2 aromatic rings. The van der Waals surface area contributed by atoms with Crippen LogP contribution >= 0.6 is 39.1 Å². The Bertz CT molecular complexity index is 551. The zero-order valence-corrected chi connectivity index (χ0v) is 11.5. The summed E-state index contributed by atoms with van der Waals surface area (Å²) in [5.41, 5.74) is 1.13. The minimum absolute atomic E-state index is 0.0557. The second-order valence-electron chi connectivity index (χ2n) is 3.34. The van der Waals surface area contributed by atoms with Crippen LogP contribution in [0, 0.1) is 0 Å². The Morgan fingerprint density at radius 3 is 2.71 bits per heavy atom. The van der Waals surface area contributed by atoms with Gasteiger partial charge in [0.15, 0.2) is 0 Å². The topological polar surface area (TPSA) is 46.0 Å². The van der Waals surface area contributed by atoms with Crippen LogP contribution < -0.4 is 0 Å². The van der Waals surface area contributed by atoms with E-state index >= 15 is 0 Å². The summed E-state index contributed by atoms with van der Waals surface area (Å²) in [6, 6.07) is 7.29. The first-order valence-electron chi connectivity index (χ1n) is 4.69. The molecule has 0 fully saturated rings. The third-order valence-electron chi connectivity index (χ3n) is 2.20. The zero-order valence-electron chi connectivity index (χ0n) is 8.44. The summed E-state index contributed by atoms with van der Waals surface area (Å²) in [4.78, 5) is 7.60. The highest BCUT2D eigenvalue weighted by Gasteiger charge is 2.16. The van der Waals surface area contributed by atoms with Gasteiger partial charge in [0.1, 0.15) is 11.3 Å². The van der Waals surface area contributed by atoms with Crippen molar-refractivity contribution in [2.75, 3.05) is 0 Å². The van der Waals surface area contributed by atoms with Gasteiger partial charge in [0.05, 0.1) is 0 Å². The third-order valence-corrected chi connectivity index (χ3v) is 3.18. The third kappa shape index (κ3) is 2.96. The lowest BCUT2D eigenvalue weighted by molar-refractivity contribution is 0.219. The van der Waals surface area contributed by atoms with E-state index in [4.69, 9.17) is 23.2 Å². The Morgan fingerprint density at radius 1 is 1.29 bits per heavy atom. The number of hydrogen-bond donors (Lipinski definition) is 1. The Hall–Kier alpha value is -0.680. The van der Waals surface area contributed by atoms with Crippen molar-refractivity contribution in [3.63, 3.8) is 0 Å². The molecular formula is C11H7BrCl2N2O. The van der Waals surface area contributed by atoms with Gasteiger partial charge in [-0.05, 0) is 29.3 Å². The highest BCUT2D eigenvalue weighted by molar-refractivity contribution is 9.10. The average Bonchev–Trinajstić information content (AvgIpc) is 2.28. The summed E-state index contributed by atoms with van der Waals surface area (Å²) in [7, 11) is 0. The lowest BCUT2D eigenvalue weighted by atomic mass is 10.0. The average molecular weight is 334 g/mol. The molecule has 3 nitrogen and oxygen atoms in total. The molecule has 1 aromatic carbocycles. The fraction of sp³-hybridized carbons (Fsp3) is 0.0909. The quantitative estimate of drug-likeness (QED) is 0.674. The van der Waals surface area contributed by atoms with Crippen LogP contribution in [0.15, 0.2) is 34.9 Å². The van der Waals surface area contributed by atoms with Crippen molar-refractivity contribution >= 4 is 39.1 Å². The molecule has 1 N–H and O–H groups in total. The predicted octanol–water partition coefficient (Wildman–Crippen LogP) is 3.63. The van der Waals surface area contributed by atoms with E-state index in [1.54, 1.807) is 12.1 Å². The second-order valence-corrected chi connectivity index (χ2v) is 4.95. The van der Waals surface area contributed by atoms with E-state index < -0.39 is 6.10 Å². The molecule has 0 aliphatic heterocycles. The van der Waals surface area contributed by atoms with Gasteiger partial charge >= 0.3 is 0 Å². The normalized spacial score (nSPS) is 12.5. The lowest BCUT2D eigenvalue weighted by Gasteiger charge is -2.12. The first-order valence-corrected chi connectivity index (χ1v) is 6.24. The number of nitrogens with zero attached hydrogens (tertiary/aromatic N) is 2. The van der Waals surface area contributed by atoms with E-state index in [1.807, 2.05) is 12.1 Å². The molecule has 1 aromatic heterocycles. The van der Waals surface area contributed by atoms with Gasteiger partial charge < -0.3 is 5.11 Å². The molecule has 2 rings (SSSR count). The molecule has 88 valence electrons. The van der Waals surface area contributed by atoms with Crippen molar-refractivity contribution in [2.24, 2.45) is 0 Å². The van der Waals surface area contributed by atoms with Crippen LogP contribution in [0.4, 0.5) is 0 Å². The van der Waals surface area contributed by atoms with Crippen molar-refractivity contribution in [2.45, 2.75) is 6.10 Å². The molecule has 6 heteroatoms. The highest BCUT2D eigenvalue weighted by atomic mass is 79.9. The maximum atomic E-state index is 10.2. The minimum Gasteiger partial charge on any atom is -0.383 e. The highest BCUT2D eigenvalue weighted by Crippen LogP contribution is 2.28. The maximum Gasteiger partial charge on any atom is 0.223 e. The predicted molar refractivity (Wildman–Crippen MR) is 70.3 cm³/mol. The molecule has 0 saturated heterocycles. The summed E-state index contributed by atoms with van der Waals surface area (Å²) in [5.74, 6) is 0. The van der Waals surface area contributed by atoms with E-state index in [2.05, 4.69) is 25.9 Å². The van der Waals surface area contributed by atoms with E-state index in [-0.39, 0.29) is 10.4 Å². The van der Waals surface area contributed by atoms with Gasteiger partial charge in [-0.25, -0.2) is 9.97 Å². The summed E-state index contributed by atoms with van der Waals surface area (Å²) in [6.07, 6.45) is 0.542. The fourth-order valence-electron chi connectivity index (χ4n) is 1.39. The van der Waals surface area contributed by atoms with Gasteiger partial charge in [-0.3, -0.25) is 0 Å². The van der Waals surface area contributed by atoms with E-state index in [0.29, 0.717) is 11.1 Å². The minimum atomic E-state index is -0.878. The van der Waals surface area contributed by atoms with Crippen LogP contribution in [0.3, 0.4) is 0 Å². The van der Waals surface area contributed by atoms with Crippen molar-refractivity contribution in [1.29, 1.82) is 0 Å². The smallest absolute Gasteiger partial charge is 0.223 e. The van der Waals surface area contributed by atoms with Crippen LogP contribution in [-0.4, -0.2) is 15.1 Å². The number of aromatic nitrogens is 2. The lowest BCUT2D eigenvalue weighted by Crippen LogP contribution is -2.02. The standard InChI is InChI=1S/C11H7BrCl2N2O/c12-7-3-1-2-6(4-7)9(17)8-5-15-11(14)16-10(8)13/h1-5,9,17H/t9-/m0/s1. The number of hydrogen-bond acceptors (Lipinski definition) is 3. The van der Waals surface area contributed by atoms with E-state index in [0.717, 1.165) is 4.47 Å². The Morgan fingerprint density at radius 2 is 2.06 bits per heavy atom. The molecule has 0 aliphatic carbocycles. The van der Waals surface area contributed by atoms with Gasteiger partial charge in [0.25, 0.3) is 0 Å². The first kappa shape index (κ1) is 12.8. The largest absolute Gasteiger partial charge is 0.383 e. The number of aliphatic hydroxyl groups is 1. The molecule has 17 heavy (non-hydrogen) atoms. The van der Waals surface area contributed by atoms with E-state index in [1.165, 1.54) is 6.20 Å². The molecule has 0 amide bonds. The second kappa shape index (κ2) is 5.31. The molecule has 1 heterocycles. The molecule has 0 radical (unpaired) electrons. The van der Waals surface area contributed by atoms with Crippen molar-refractivity contribution in [1.82, 2.24) is 9.97 Å². The molecule has 0 unspecified atom stereocenters. The molecule has 0 aliphatic rings. The summed E-state index contributed by atoms with van der Waals surface area (Å²) in [5, 5.41) is 10.4. The molecule has 0 saturated carbocycles. The van der Waals surface area contributed by atoms with Gasteiger partial charge in [0.2, 0.25) is 5.28 Å². The Labute approximate surface area is 117 Å². The SMILES string of the molecule is O[C@@H](c1cccc(Br)c1)c1cnc(Cl)nc1Cl. The number of benzene rings is 1. The van der Waals surface area contributed by atoms with Gasteiger partial charge in [-0.1, -0.05) is 39.7 Å². The molecule has 0 bridgehead atoms. The van der Waals surface area contributed by atoms with Crippen LogP contribution in [-0.2, 0) is 0 Å². The summed E-state index contributed by atoms with van der Waals surface area (Å²) >= 11 is 14.8.